The normalized spacial score (nSPS) is 23.7. The van der Waals surface area contributed by atoms with Gasteiger partial charge in [0, 0.05) is 55.2 Å². The maximum Gasteiger partial charge on any atom is 0.394 e. The minimum absolute atomic E-state index is 0. The molecule has 0 aromatic carbocycles. The van der Waals surface area contributed by atoms with Crippen LogP contribution >= 0.6 is 12.4 Å². The lowest BCUT2D eigenvalue weighted by molar-refractivity contribution is -0.337. The van der Waals surface area contributed by atoms with Crippen LogP contribution in [0.1, 0.15) is 31.9 Å². The summed E-state index contributed by atoms with van der Waals surface area (Å²) in [6.07, 6.45) is -2.60. The Balaban J connectivity index is 0.00000323. The van der Waals surface area contributed by atoms with E-state index >= 15 is 0 Å². The summed E-state index contributed by atoms with van der Waals surface area (Å²) in [5.74, 6) is 0.0817. The van der Waals surface area contributed by atoms with Gasteiger partial charge in [-0.2, -0.15) is 13.2 Å². The summed E-state index contributed by atoms with van der Waals surface area (Å²) in [6, 6.07) is 3.30. The van der Waals surface area contributed by atoms with Crippen molar-refractivity contribution < 1.29 is 27.1 Å². The molecule has 2 N–H and O–H groups in total. The van der Waals surface area contributed by atoms with Crippen LogP contribution in [0.2, 0.25) is 0 Å². The van der Waals surface area contributed by atoms with Gasteiger partial charge >= 0.3 is 6.18 Å². The quantitative estimate of drug-likeness (QED) is 0.437. The number of carbonyl (C=O) groups excluding carboxylic acids is 1. The predicted molar refractivity (Wildman–Crippen MR) is 143 cm³/mol. The number of piperazine rings is 1. The molecule has 2 bridgehead atoms. The monoisotopic (exact) mass is 582 g/mol. The number of hydrogen-bond acceptors (Lipinski definition) is 8. The molecule has 10 nitrogen and oxygen atoms in total. The largest absolute Gasteiger partial charge is 0.481 e. The van der Waals surface area contributed by atoms with Crippen molar-refractivity contribution in [3.05, 3.63) is 34.2 Å². The number of rotatable bonds is 7. The third-order valence-corrected chi connectivity index (χ3v) is 8.18. The number of methoxy groups -OCH3 is 1. The Kier molecular flexibility index (Phi) is 7.02. The molecular formula is C26H30ClF3N6O4. The number of anilines is 1. The van der Waals surface area contributed by atoms with E-state index in [9.17, 15) is 22.8 Å². The lowest BCUT2D eigenvalue weighted by Crippen LogP contribution is -2.78. The molecule has 0 unspecified atom stereocenters. The number of carbonyl (C=O) groups is 1. The summed E-state index contributed by atoms with van der Waals surface area (Å²) < 4.78 is 52.9. The number of nitrogens with zero attached hydrogens (tertiary/aromatic N) is 4. The molecule has 3 aliphatic carbocycles. The molecule has 1 saturated heterocycles. The van der Waals surface area contributed by atoms with Crippen LogP contribution in [-0.2, 0) is 17.8 Å². The number of pyridine rings is 2. The molecule has 4 aliphatic rings. The topological polar surface area (TPSA) is 115 Å². The highest BCUT2D eigenvalue weighted by molar-refractivity contribution is 5.85. The van der Waals surface area contributed by atoms with Gasteiger partial charge in [-0.3, -0.25) is 9.59 Å². The van der Waals surface area contributed by atoms with Gasteiger partial charge in [-0.25, -0.2) is 9.97 Å². The van der Waals surface area contributed by atoms with Gasteiger partial charge in [0.15, 0.2) is 5.52 Å². The third-order valence-electron chi connectivity index (χ3n) is 8.18. The highest BCUT2D eigenvalue weighted by atomic mass is 35.5. The summed E-state index contributed by atoms with van der Waals surface area (Å²) in [5, 5.41) is 6.11. The van der Waals surface area contributed by atoms with Crippen LogP contribution in [0.4, 0.5) is 18.9 Å². The molecule has 4 heterocycles. The number of fused-ring (bicyclic) bond motifs is 1. The average molecular weight is 583 g/mol. The molecule has 3 aromatic heterocycles. The molecule has 0 radical (unpaired) electrons. The van der Waals surface area contributed by atoms with Gasteiger partial charge in [-0.05, 0) is 31.7 Å². The molecule has 14 heteroatoms. The second-order valence-corrected chi connectivity index (χ2v) is 10.7. The molecule has 40 heavy (non-hydrogen) atoms. The van der Waals surface area contributed by atoms with E-state index in [2.05, 4.69) is 20.6 Å². The summed E-state index contributed by atoms with van der Waals surface area (Å²) in [7, 11) is 1.48. The van der Waals surface area contributed by atoms with Crippen molar-refractivity contribution >= 4 is 35.2 Å². The molecule has 3 aromatic rings. The second-order valence-electron chi connectivity index (χ2n) is 10.7. The smallest absolute Gasteiger partial charge is 0.394 e. The Morgan fingerprint density at radius 3 is 2.58 bits per heavy atom. The summed E-state index contributed by atoms with van der Waals surface area (Å²) >= 11 is 0. The van der Waals surface area contributed by atoms with E-state index in [1.165, 1.54) is 13.3 Å². The molecule has 3 saturated carbocycles. The van der Waals surface area contributed by atoms with Gasteiger partial charge in [0.2, 0.25) is 28.8 Å². The van der Waals surface area contributed by atoms with E-state index in [0.717, 1.165) is 0 Å². The number of oxazole rings is 1. The number of aromatic nitrogens is 3. The maximum atomic E-state index is 13.8. The fourth-order valence-corrected chi connectivity index (χ4v) is 6.35. The Hall–Kier alpha value is -3.32. The van der Waals surface area contributed by atoms with Crippen molar-refractivity contribution in [1.82, 2.24) is 25.2 Å². The molecule has 7 rings (SSSR count). The number of halogens is 4. The van der Waals surface area contributed by atoms with Gasteiger partial charge in [0.25, 0.3) is 0 Å². The predicted octanol–water partition coefficient (Wildman–Crippen LogP) is 3.06. The summed E-state index contributed by atoms with van der Waals surface area (Å²) in [5.41, 5.74) is -0.928. The van der Waals surface area contributed by atoms with Crippen molar-refractivity contribution in [3.8, 4) is 17.3 Å². The average Bonchev–Trinajstić information content (AvgIpc) is 3.32. The maximum absolute atomic E-state index is 13.8. The zero-order valence-corrected chi connectivity index (χ0v) is 22.9. The minimum Gasteiger partial charge on any atom is -0.481 e. The molecule has 0 atom stereocenters. The van der Waals surface area contributed by atoms with Crippen LogP contribution < -0.4 is 25.7 Å². The first-order valence-corrected chi connectivity index (χ1v) is 13.0. The van der Waals surface area contributed by atoms with Gasteiger partial charge in [-0.15, -0.1) is 12.4 Å². The molecule has 1 aliphatic heterocycles. The summed E-state index contributed by atoms with van der Waals surface area (Å²) in [4.78, 5) is 37.6. The Labute approximate surface area is 233 Å². The highest BCUT2D eigenvalue weighted by Gasteiger charge is 2.78. The van der Waals surface area contributed by atoms with Gasteiger partial charge in [0.05, 0.1) is 12.5 Å². The van der Waals surface area contributed by atoms with Crippen molar-refractivity contribution in [2.24, 2.45) is 5.41 Å². The molecule has 4 fully saturated rings. The van der Waals surface area contributed by atoms with Crippen LogP contribution in [0.5, 0.6) is 5.88 Å². The van der Waals surface area contributed by atoms with Crippen molar-refractivity contribution in [3.63, 3.8) is 0 Å². The Morgan fingerprint density at radius 1 is 1.25 bits per heavy atom. The Bertz CT molecular complexity index is 1490. The van der Waals surface area contributed by atoms with Crippen molar-refractivity contribution in [1.29, 1.82) is 0 Å². The number of ether oxygens (including phenoxy) is 1. The standard InChI is InChI=1S/C26H29F3N6O4.ClH/c1-3-16-20(34-8-6-30-7-9-34)21(37)19-23(39-22(32-19)15-4-5-31-18(10-15)38-2)35(16)11-17(36)33-25-12-24(13-25,14-25)26(27,28)29;/h4-5,10,30H,3,6-9,11-14H2,1-2H3,(H,33,36);1H. The van der Waals surface area contributed by atoms with Crippen LogP contribution in [-0.4, -0.2) is 65.4 Å². The van der Waals surface area contributed by atoms with Crippen molar-refractivity contribution in [2.75, 3.05) is 38.2 Å². The third kappa shape index (κ3) is 4.39. The lowest BCUT2D eigenvalue weighted by atomic mass is 9.39. The number of amides is 1. The van der Waals surface area contributed by atoms with E-state index in [1.807, 2.05) is 11.8 Å². The zero-order chi connectivity index (χ0) is 27.6. The van der Waals surface area contributed by atoms with Gasteiger partial charge in [0.1, 0.15) is 12.2 Å². The van der Waals surface area contributed by atoms with E-state index < -0.39 is 23.0 Å². The zero-order valence-electron chi connectivity index (χ0n) is 22.1. The molecule has 216 valence electrons. The number of nitrogens with one attached hydrogen (secondary N) is 2. The van der Waals surface area contributed by atoms with E-state index in [0.29, 0.717) is 55.4 Å². The van der Waals surface area contributed by atoms with Crippen LogP contribution in [0, 0.1) is 5.41 Å². The van der Waals surface area contributed by atoms with E-state index in [1.54, 1.807) is 16.7 Å². The minimum atomic E-state index is -4.26. The summed E-state index contributed by atoms with van der Waals surface area (Å²) in [6.45, 7) is 4.29. The van der Waals surface area contributed by atoms with Gasteiger partial charge in [-0.1, -0.05) is 6.92 Å². The fourth-order valence-electron chi connectivity index (χ4n) is 6.35. The molecular weight excluding hydrogens is 553 g/mol. The first-order chi connectivity index (χ1) is 18.6. The fraction of sp³-hybridized carbons (Fsp3) is 0.538. The molecule has 1 amide bonds. The lowest BCUT2D eigenvalue weighted by Gasteiger charge is -2.70. The number of alkyl halides is 3. The van der Waals surface area contributed by atoms with Gasteiger partial charge < -0.3 is 29.3 Å². The van der Waals surface area contributed by atoms with E-state index in [4.69, 9.17) is 9.15 Å². The second kappa shape index (κ2) is 9.95. The van der Waals surface area contributed by atoms with Crippen LogP contribution in [0.25, 0.3) is 22.7 Å². The first-order valence-electron chi connectivity index (χ1n) is 13.0. The first kappa shape index (κ1) is 28.2. The van der Waals surface area contributed by atoms with Crippen LogP contribution in [0.15, 0.2) is 27.5 Å². The SMILES string of the molecule is CCc1c(N2CCNCC2)c(=O)c2nc(-c3ccnc(OC)c3)oc2n1CC(=O)NC12CC(C(F)(F)F)(C1)C2.Cl. The van der Waals surface area contributed by atoms with E-state index in [-0.39, 0.29) is 60.8 Å². The van der Waals surface area contributed by atoms with Crippen molar-refractivity contribution in [2.45, 2.75) is 50.9 Å². The Morgan fingerprint density at radius 2 is 1.95 bits per heavy atom. The molecule has 0 spiro atoms. The van der Waals surface area contributed by atoms with Crippen LogP contribution in [0.3, 0.4) is 0 Å². The highest BCUT2D eigenvalue weighted by Crippen LogP contribution is 2.73. The number of hydrogen-bond donors (Lipinski definition) is 2.